The predicted molar refractivity (Wildman–Crippen MR) is 78.6 cm³/mol. The molecule has 2 N–H and O–H groups in total. The van der Waals surface area contributed by atoms with Crippen LogP contribution in [0.1, 0.15) is 12.6 Å². The number of carbonyl (C=O) groups is 1. The molecule has 20 heavy (non-hydrogen) atoms. The van der Waals surface area contributed by atoms with Crippen molar-refractivity contribution in [3.63, 3.8) is 0 Å². The van der Waals surface area contributed by atoms with Crippen LogP contribution in [0.5, 0.6) is 0 Å². The Morgan fingerprint density at radius 3 is 2.85 bits per heavy atom. The molecule has 0 fully saturated rings. The number of aliphatic hydroxyl groups is 1. The van der Waals surface area contributed by atoms with Gasteiger partial charge in [-0.2, -0.15) is 0 Å². The van der Waals surface area contributed by atoms with Gasteiger partial charge in [0.05, 0.1) is 18.0 Å². The van der Waals surface area contributed by atoms with Gasteiger partial charge in [0.1, 0.15) is 0 Å². The topological polar surface area (TPSA) is 67.2 Å². The van der Waals surface area contributed by atoms with Gasteiger partial charge in [0.15, 0.2) is 5.16 Å². The Hall–Kier alpha value is -1.79. The van der Waals surface area contributed by atoms with Gasteiger partial charge in [0, 0.05) is 30.5 Å². The van der Waals surface area contributed by atoms with Crippen LogP contribution >= 0.6 is 11.8 Å². The van der Waals surface area contributed by atoms with Crippen LogP contribution in [0.4, 0.5) is 5.69 Å². The molecule has 1 aromatic heterocycles. The first-order valence-corrected chi connectivity index (χ1v) is 7.38. The van der Waals surface area contributed by atoms with Crippen molar-refractivity contribution >= 4 is 23.4 Å². The Kier molecular flexibility index (Phi) is 3.50. The molecule has 0 atom stereocenters. The second kappa shape index (κ2) is 5.30. The summed E-state index contributed by atoms with van der Waals surface area (Å²) in [4.78, 5) is 15.6. The highest BCUT2D eigenvalue weighted by Crippen LogP contribution is 2.33. The van der Waals surface area contributed by atoms with Gasteiger partial charge >= 0.3 is 0 Å². The van der Waals surface area contributed by atoms with Gasteiger partial charge < -0.3 is 15.0 Å². The maximum Gasteiger partial charge on any atom is 0.221 e. The van der Waals surface area contributed by atoms with E-state index in [-0.39, 0.29) is 12.5 Å². The van der Waals surface area contributed by atoms with Gasteiger partial charge in [0.2, 0.25) is 5.91 Å². The third kappa shape index (κ3) is 2.32. The maximum atomic E-state index is 11.0. The number of hydrogen-bond acceptors (Lipinski definition) is 4. The van der Waals surface area contributed by atoms with E-state index in [0.717, 1.165) is 40.1 Å². The largest absolute Gasteiger partial charge is 0.390 e. The zero-order valence-corrected chi connectivity index (χ0v) is 11.9. The molecule has 1 aromatic carbocycles. The molecule has 0 saturated carbocycles. The van der Waals surface area contributed by atoms with Gasteiger partial charge in [-0.25, -0.2) is 4.98 Å². The number of benzene rings is 1. The van der Waals surface area contributed by atoms with Gasteiger partial charge in [0.25, 0.3) is 0 Å². The molecule has 0 aliphatic carbocycles. The summed E-state index contributed by atoms with van der Waals surface area (Å²) in [5.41, 5.74) is 3.39. The average Bonchev–Trinajstić information content (AvgIpc) is 2.98. The van der Waals surface area contributed by atoms with Crippen molar-refractivity contribution in [2.24, 2.45) is 0 Å². The smallest absolute Gasteiger partial charge is 0.221 e. The fourth-order valence-corrected chi connectivity index (χ4v) is 3.31. The summed E-state index contributed by atoms with van der Waals surface area (Å²) in [5, 5.41) is 13.3. The van der Waals surface area contributed by atoms with Crippen molar-refractivity contribution in [3.05, 3.63) is 30.0 Å². The number of rotatable bonds is 3. The van der Waals surface area contributed by atoms with Crippen LogP contribution in [0, 0.1) is 0 Å². The normalized spacial score (nSPS) is 13.3. The SMILES string of the molecule is CC(=O)Nc1ccc(-c2nc3n(c2CO)CCS3)cc1. The van der Waals surface area contributed by atoms with Crippen molar-refractivity contribution in [2.45, 2.75) is 25.2 Å². The van der Waals surface area contributed by atoms with E-state index in [2.05, 4.69) is 14.9 Å². The summed E-state index contributed by atoms with van der Waals surface area (Å²) < 4.78 is 2.07. The molecule has 0 bridgehead atoms. The highest BCUT2D eigenvalue weighted by atomic mass is 32.2. The molecular formula is C14H15N3O2S. The van der Waals surface area contributed by atoms with E-state index in [4.69, 9.17) is 0 Å². The molecule has 1 aliphatic heterocycles. The third-order valence-electron chi connectivity index (χ3n) is 3.21. The van der Waals surface area contributed by atoms with Crippen molar-refractivity contribution in [3.8, 4) is 11.3 Å². The first-order chi connectivity index (χ1) is 9.69. The molecule has 0 spiro atoms. The van der Waals surface area contributed by atoms with E-state index in [9.17, 15) is 9.90 Å². The number of aromatic nitrogens is 2. The van der Waals surface area contributed by atoms with Gasteiger partial charge in [-0.3, -0.25) is 4.79 Å². The molecule has 2 heterocycles. The zero-order chi connectivity index (χ0) is 14.1. The lowest BCUT2D eigenvalue weighted by atomic mass is 10.1. The number of carbonyl (C=O) groups excluding carboxylic acids is 1. The molecule has 6 heteroatoms. The summed E-state index contributed by atoms with van der Waals surface area (Å²) in [6.45, 7) is 2.36. The molecule has 3 rings (SSSR count). The van der Waals surface area contributed by atoms with Crippen LogP contribution in [-0.4, -0.2) is 26.3 Å². The summed E-state index contributed by atoms with van der Waals surface area (Å²) in [6, 6.07) is 7.51. The van der Waals surface area contributed by atoms with Crippen LogP contribution in [0.2, 0.25) is 0 Å². The maximum absolute atomic E-state index is 11.0. The van der Waals surface area contributed by atoms with E-state index < -0.39 is 0 Å². The molecule has 2 aromatic rings. The van der Waals surface area contributed by atoms with E-state index >= 15 is 0 Å². The summed E-state index contributed by atoms with van der Waals surface area (Å²) in [5.74, 6) is 0.919. The minimum absolute atomic E-state index is 0.0175. The molecule has 0 saturated heterocycles. The second-order valence-electron chi connectivity index (χ2n) is 4.61. The predicted octanol–water partition coefficient (Wildman–Crippen LogP) is 2.11. The molecular weight excluding hydrogens is 274 g/mol. The lowest BCUT2D eigenvalue weighted by Crippen LogP contribution is -2.05. The number of nitrogens with one attached hydrogen (secondary N) is 1. The standard InChI is InChI=1S/C14H15N3O2S/c1-9(19)15-11-4-2-10(3-5-11)13-12(8-18)17-6-7-20-14(17)16-13/h2-5,18H,6-8H2,1H3,(H,15,19). The fraction of sp³-hybridized carbons (Fsp3) is 0.286. The lowest BCUT2D eigenvalue weighted by molar-refractivity contribution is -0.114. The summed E-state index contributed by atoms with van der Waals surface area (Å²) >= 11 is 1.71. The van der Waals surface area contributed by atoms with Gasteiger partial charge in [-0.1, -0.05) is 23.9 Å². The number of thioether (sulfide) groups is 1. The number of aliphatic hydroxyl groups excluding tert-OH is 1. The Bertz CT molecular complexity index is 649. The third-order valence-corrected chi connectivity index (χ3v) is 4.17. The molecule has 0 radical (unpaired) electrons. The van der Waals surface area contributed by atoms with Crippen molar-refractivity contribution in [2.75, 3.05) is 11.1 Å². The lowest BCUT2D eigenvalue weighted by Gasteiger charge is -2.06. The Morgan fingerprint density at radius 2 is 2.20 bits per heavy atom. The highest BCUT2D eigenvalue weighted by Gasteiger charge is 2.21. The van der Waals surface area contributed by atoms with Crippen molar-refractivity contribution in [1.29, 1.82) is 0 Å². The number of amides is 1. The fourth-order valence-electron chi connectivity index (χ4n) is 2.34. The number of hydrogen-bond donors (Lipinski definition) is 2. The van der Waals surface area contributed by atoms with Crippen LogP contribution in [-0.2, 0) is 17.9 Å². The number of nitrogens with zero attached hydrogens (tertiary/aromatic N) is 2. The number of anilines is 1. The minimum Gasteiger partial charge on any atom is -0.390 e. The molecule has 1 aliphatic rings. The van der Waals surface area contributed by atoms with E-state index in [0.29, 0.717) is 0 Å². The average molecular weight is 289 g/mol. The van der Waals surface area contributed by atoms with Crippen LogP contribution < -0.4 is 5.32 Å². The molecule has 104 valence electrons. The first kappa shape index (κ1) is 13.2. The molecule has 0 unspecified atom stereocenters. The van der Waals surface area contributed by atoms with Crippen LogP contribution in [0.3, 0.4) is 0 Å². The Morgan fingerprint density at radius 1 is 1.45 bits per heavy atom. The van der Waals surface area contributed by atoms with Crippen molar-refractivity contribution in [1.82, 2.24) is 9.55 Å². The highest BCUT2D eigenvalue weighted by molar-refractivity contribution is 7.99. The van der Waals surface area contributed by atoms with E-state index in [1.807, 2.05) is 24.3 Å². The first-order valence-electron chi connectivity index (χ1n) is 6.40. The monoisotopic (exact) mass is 289 g/mol. The van der Waals surface area contributed by atoms with E-state index in [1.54, 1.807) is 11.8 Å². The molecule has 1 amide bonds. The van der Waals surface area contributed by atoms with Gasteiger partial charge in [-0.05, 0) is 12.1 Å². The quantitative estimate of drug-likeness (QED) is 0.908. The summed E-state index contributed by atoms with van der Waals surface area (Å²) in [7, 11) is 0. The van der Waals surface area contributed by atoms with E-state index in [1.165, 1.54) is 6.92 Å². The van der Waals surface area contributed by atoms with Crippen molar-refractivity contribution < 1.29 is 9.90 Å². The number of imidazole rings is 1. The summed E-state index contributed by atoms with van der Waals surface area (Å²) in [6.07, 6.45) is 0. The molecule has 5 nitrogen and oxygen atoms in total. The van der Waals surface area contributed by atoms with Crippen LogP contribution in [0.25, 0.3) is 11.3 Å². The number of fused-ring (bicyclic) bond motifs is 1. The minimum atomic E-state index is -0.0915. The van der Waals surface area contributed by atoms with Gasteiger partial charge in [-0.15, -0.1) is 0 Å². The van der Waals surface area contributed by atoms with Crippen LogP contribution in [0.15, 0.2) is 29.4 Å². The second-order valence-corrected chi connectivity index (χ2v) is 5.67. The Labute approximate surface area is 121 Å². The zero-order valence-electron chi connectivity index (χ0n) is 11.1. The Balaban J connectivity index is 1.95.